The van der Waals surface area contributed by atoms with Crippen molar-refractivity contribution in [1.82, 2.24) is 0 Å². The highest BCUT2D eigenvalue weighted by Gasteiger charge is 1.91. The molecule has 0 fully saturated rings. The van der Waals surface area contributed by atoms with Gasteiger partial charge >= 0.3 is 0 Å². The fourth-order valence-corrected chi connectivity index (χ4v) is 2.34. The number of allylic oxidation sites excluding steroid dienone is 3. The van der Waals surface area contributed by atoms with Crippen molar-refractivity contribution in [3.63, 3.8) is 0 Å². The minimum atomic E-state index is 0.733. The number of aldehydes is 1. The van der Waals surface area contributed by atoms with E-state index in [1.807, 2.05) is 6.08 Å². The molecule has 0 aromatic heterocycles. The van der Waals surface area contributed by atoms with Gasteiger partial charge in [-0.25, -0.2) is 0 Å². The summed E-state index contributed by atoms with van der Waals surface area (Å²) in [5.74, 6) is 0. The second-order valence-electron chi connectivity index (χ2n) is 5.62. The molecule has 0 heterocycles. The third-order valence-electron chi connectivity index (χ3n) is 3.64. The van der Waals surface area contributed by atoms with Crippen molar-refractivity contribution in [3.05, 3.63) is 24.8 Å². The van der Waals surface area contributed by atoms with E-state index in [2.05, 4.69) is 18.7 Å². The molecule has 0 atom stereocenters. The summed E-state index contributed by atoms with van der Waals surface area (Å²) in [6.07, 6.45) is 25.1. The molecule has 0 unspecified atom stereocenters. The van der Waals surface area contributed by atoms with Crippen molar-refractivity contribution < 1.29 is 4.79 Å². The predicted octanol–water partition coefficient (Wildman–Crippen LogP) is 6.39. The third-order valence-corrected chi connectivity index (χ3v) is 3.64. The summed E-state index contributed by atoms with van der Waals surface area (Å²) in [6.45, 7) is 3.75. The number of rotatable bonds is 16. The van der Waals surface area contributed by atoms with E-state index in [0.717, 1.165) is 19.1 Å². The van der Waals surface area contributed by atoms with E-state index in [0.29, 0.717) is 0 Å². The van der Waals surface area contributed by atoms with E-state index in [1.165, 1.54) is 77.0 Å². The fourth-order valence-electron chi connectivity index (χ4n) is 2.34. The second-order valence-corrected chi connectivity index (χ2v) is 5.62. The lowest BCUT2D eigenvalue weighted by Crippen LogP contribution is -1.80. The molecule has 0 aromatic carbocycles. The van der Waals surface area contributed by atoms with Gasteiger partial charge in [-0.05, 0) is 44.9 Å². The molecule has 0 aromatic rings. The Bertz CT molecular complexity index is 230. The Labute approximate surface area is 126 Å². The highest BCUT2D eigenvalue weighted by molar-refractivity contribution is 5.48. The first kappa shape index (κ1) is 19.1. The summed E-state index contributed by atoms with van der Waals surface area (Å²) in [4.78, 5) is 10.1. The molecular formula is C19H34O. The number of carbonyl (C=O) groups excluding carboxylic acids is 1. The van der Waals surface area contributed by atoms with Crippen LogP contribution in [0.1, 0.15) is 89.9 Å². The molecule has 0 bridgehead atoms. The molecule has 0 amide bonds. The highest BCUT2D eigenvalue weighted by atomic mass is 16.1. The average molecular weight is 278 g/mol. The van der Waals surface area contributed by atoms with Gasteiger partial charge in [-0.15, -0.1) is 6.58 Å². The van der Waals surface area contributed by atoms with Gasteiger partial charge < -0.3 is 4.79 Å². The minimum absolute atomic E-state index is 0.733. The second kappa shape index (κ2) is 18.1. The molecule has 0 radical (unpaired) electrons. The van der Waals surface area contributed by atoms with Gasteiger partial charge in [0, 0.05) is 6.42 Å². The molecule has 0 aliphatic heterocycles. The standard InChI is InChI=1S/C19H34O/c1-2-3-4-5-6-7-8-9-10-11-12-13-14-15-16-17-18-19-20/h2,12-13,19H,1,3-11,14-18H2/b13-12-. The monoisotopic (exact) mass is 278 g/mol. The van der Waals surface area contributed by atoms with E-state index >= 15 is 0 Å². The fraction of sp³-hybridized carbons (Fsp3) is 0.737. The van der Waals surface area contributed by atoms with Gasteiger partial charge in [-0.3, -0.25) is 0 Å². The molecule has 0 saturated heterocycles. The maximum Gasteiger partial charge on any atom is 0.119 e. The zero-order valence-corrected chi connectivity index (χ0v) is 13.3. The Balaban J connectivity index is 3.04. The van der Waals surface area contributed by atoms with Gasteiger partial charge in [0.15, 0.2) is 0 Å². The molecule has 0 rings (SSSR count). The molecule has 0 aliphatic rings. The van der Waals surface area contributed by atoms with Gasteiger partial charge in [-0.1, -0.05) is 56.8 Å². The average Bonchev–Trinajstić information content (AvgIpc) is 2.47. The molecule has 0 saturated carbocycles. The molecule has 0 aliphatic carbocycles. The van der Waals surface area contributed by atoms with Gasteiger partial charge in [-0.2, -0.15) is 0 Å². The predicted molar refractivity (Wildman–Crippen MR) is 90.0 cm³/mol. The lowest BCUT2D eigenvalue weighted by Gasteiger charge is -2.00. The van der Waals surface area contributed by atoms with E-state index in [9.17, 15) is 4.79 Å². The SMILES string of the molecule is C=CCCCCCCCCC/C=C\CCCCCC=O. The van der Waals surface area contributed by atoms with E-state index in [4.69, 9.17) is 0 Å². The molecule has 0 N–H and O–H groups in total. The van der Waals surface area contributed by atoms with E-state index < -0.39 is 0 Å². The first-order valence-electron chi connectivity index (χ1n) is 8.61. The van der Waals surface area contributed by atoms with Crippen LogP contribution in [0, 0.1) is 0 Å². The van der Waals surface area contributed by atoms with Crippen LogP contribution in [-0.2, 0) is 4.79 Å². The van der Waals surface area contributed by atoms with Gasteiger partial charge in [0.25, 0.3) is 0 Å². The lowest BCUT2D eigenvalue weighted by molar-refractivity contribution is -0.107. The maximum atomic E-state index is 10.1. The Morgan fingerprint density at radius 2 is 0.950 bits per heavy atom. The van der Waals surface area contributed by atoms with Crippen LogP contribution >= 0.6 is 0 Å². The first-order valence-corrected chi connectivity index (χ1v) is 8.61. The quantitative estimate of drug-likeness (QED) is 0.182. The number of carbonyl (C=O) groups is 1. The Kier molecular flexibility index (Phi) is 17.4. The van der Waals surface area contributed by atoms with E-state index in [1.54, 1.807) is 0 Å². The lowest BCUT2D eigenvalue weighted by atomic mass is 10.1. The first-order chi connectivity index (χ1) is 9.91. The number of hydrogen-bond donors (Lipinski definition) is 0. The number of unbranched alkanes of at least 4 members (excludes halogenated alkanes) is 12. The van der Waals surface area contributed by atoms with Crippen LogP contribution in [-0.4, -0.2) is 6.29 Å². The van der Waals surface area contributed by atoms with Gasteiger partial charge in [0.05, 0.1) is 0 Å². The molecule has 116 valence electrons. The maximum absolute atomic E-state index is 10.1. The minimum Gasteiger partial charge on any atom is -0.303 e. The number of hydrogen-bond acceptors (Lipinski definition) is 1. The summed E-state index contributed by atoms with van der Waals surface area (Å²) >= 11 is 0. The molecule has 20 heavy (non-hydrogen) atoms. The van der Waals surface area contributed by atoms with Crippen molar-refractivity contribution >= 4 is 6.29 Å². The largest absolute Gasteiger partial charge is 0.303 e. The molecule has 1 heteroatoms. The van der Waals surface area contributed by atoms with Crippen LogP contribution in [0.5, 0.6) is 0 Å². The van der Waals surface area contributed by atoms with Crippen molar-refractivity contribution in [2.45, 2.75) is 89.9 Å². The van der Waals surface area contributed by atoms with Crippen LogP contribution in [0.4, 0.5) is 0 Å². The molecular weight excluding hydrogens is 244 g/mol. The molecule has 1 nitrogen and oxygen atoms in total. The van der Waals surface area contributed by atoms with Crippen LogP contribution < -0.4 is 0 Å². The summed E-state index contributed by atoms with van der Waals surface area (Å²) in [5.41, 5.74) is 0. The Morgan fingerprint density at radius 3 is 1.45 bits per heavy atom. The zero-order chi connectivity index (χ0) is 14.7. The van der Waals surface area contributed by atoms with Crippen LogP contribution in [0.2, 0.25) is 0 Å². The van der Waals surface area contributed by atoms with Crippen LogP contribution in [0.15, 0.2) is 24.8 Å². The van der Waals surface area contributed by atoms with Gasteiger partial charge in [0.2, 0.25) is 0 Å². The van der Waals surface area contributed by atoms with Crippen molar-refractivity contribution in [2.75, 3.05) is 0 Å². The van der Waals surface area contributed by atoms with E-state index in [-0.39, 0.29) is 0 Å². The zero-order valence-electron chi connectivity index (χ0n) is 13.3. The highest BCUT2D eigenvalue weighted by Crippen LogP contribution is 2.10. The summed E-state index contributed by atoms with van der Waals surface area (Å²) in [6, 6.07) is 0. The summed E-state index contributed by atoms with van der Waals surface area (Å²) < 4.78 is 0. The van der Waals surface area contributed by atoms with Crippen molar-refractivity contribution in [2.24, 2.45) is 0 Å². The summed E-state index contributed by atoms with van der Waals surface area (Å²) in [7, 11) is 0. The van der Waals surface area contributed by atoms with Crippen LogP contribution in [0.3, 0.4) is 0 Å². The third kappa shape index (κ3) is 17.2. The smallest absolute Gasteiger partial charge is 0.119 e. The molecule has 0 spiro atoms. The van der Waals surface area contributed by atoms with Crippen molar-refractivity contribution in [1.29, 1.82) is 0 Å². The van der Waals surface area contributed by atoms with Crippen LogP contribution in [0.25, 0.3) is 0 Å². The Morgan fingerprint density at radius 1 is 0.550 bits per heavy atom. The van der Waals surface area contributed by atoms with Crippen molar-refractivity contribution in [3.8, 4) is 0 Å². The normalized spacial score (nSPS) is 11.0. The van der Waals surface area contributed by atoms with Gasteiger partial charge in [0.1, 0.15) is 6.29 Å². The topological polar surface area (TPSA) is 17.1 Å². The summed E-state index contributed by atoms with van der Waals surface area (Å²) in [5, 5.41) is 0. The Hall–Kier alpha value is -0.850.